The fourth-order valence-electron chi connectivity index (χ4n) is 0.991. The molecule has 0 fully saturated rings. The first kappa shape index (κ1) is 11.4. The van der Waals surface area contributed by atoms with Crippen LogP contribution in [0.25, 0.3) is 0 Å². The summed E-state index contributed by atoms with van der Waals surface area (Å²) >= 11 is 0. The van der Waals surface area contributed by atoms with Gasteiger partial charge in [-0.2, -0.15) is 8.78 Å². The molecular weight excluding hydrogens is 208 g/mol. The van der Waals surface area contributed by atoms with Crippen LogP contribution in [0, 0.1) is 6.92 Å². The summed E-state index contributed by atoms with van der Waals surface area (Å²) in [5.41, 5.74) is 0.537. The lowest BCUT2D eigenvalue weighted by Gasteiger charge is -2.08. The van der Waals surface area contributed by atoms with Crippen LogP contribution in [-0.4, -0.2) is 24.7 Å². The topological polar surface area (TPSA) is 48.4 Å². The van der Waals surface area contributed by atoms with Crippen LogP contribution in [0.1, 0.15) is 15.9 Å². The van der Waals surface area contributed by atoms with E-state index in [1.54, 1.807) is 6.92 Å². The predicted molar refractivity (Wildman–Crippen MR) is 46.9 cm³/mol. The Bertz CT molecular complexity index is 368. The molecule has 0 spiro atoms. The number of alkyl halides is 2. The summed E-state index contributed by atoms with van der Waals surface area (Å²) in [6, 6.07) is 1.37. The van der Waals surface area contributed by atoms with Gasteiger partial charge in [-0.1, -0.05) is 0 Å². The van der Waals surface area contributed by atoms with Crippen molar-refractivity contribution in [3.05, 3.63) is 23.4 Å². The molecule has 15 heavy (non-hydrogen) atoms. The highest BCUT2D eigenvalue weighted by atomic mass is 19.3. The Morgan fingerprint density at radius 2 is 2.20 bits per heavy atom. The molecule has 4 nitrogen and oxygen atoms in total. The maximum atomic E-state index is 12.0. The fraction of sp³-hybridized carbons (Fsp3) is 0.333. The van der Waals surface area contributed by atoms with E-state index in [0.29, 0.717) is 5.56 Å². The van der Waals surface area contributed by atoms with E-state index in [2.05, 4.69) is 14.5 Å². The lowest BCUT2D eigenvalue weighted by Crippen LogP contribution is -2.11. The third-order valence-corrected chi connectivity index (χ3v) is 1.59. The minimum Gasteiger partial charge on any atom is -0.465 e. The quantitative estimate of drug-likeness (QED) is 0.724. The molecule has 0 aliphatic carbocycles. The molecule has 0 atom stereocenters. The molecule has 0 saturated heterocycles. The number of carbonyl (C=O) groups excluding carboxylic acids is 1. The first-order valence-electron chi connectivity index (χ1n) is 4.04. The van der Waals surface area contributed by atoms with Crippen LogP contribution in [0.5, 0.6) is 5.88 Å². The van der Waals surface area contributed by atoms with Crippen molar-refractivity contribution in [2.75, 3.05) is 7.11 Å². The second kappa shape index (κ2) is 4.68. The standard InChI is InChI=1S/C9H9F2NO3/c1-5-3-6(8(13)14-2)7(12-4-5)15-9(10)11/h3-4,9H,1-2H3. The number of hydrogen-bond donors (Lipinski definition) is 0. The van der Waals surface area contributed by atoms with Gasteiger partial charge in [0.2, 0.25) is 5.88 Å². The molecule has 6 heteroatoms. The zero-order chi connectivity index (χ0) is 11.4. The molecule has 0 bridgehead atoms. The Labute approximate surface area is 84.8 Å². The largest absolute Gasteiger partial charge is 0.465 e. The highest BCUT2D eigenvalue weighted by Gasteiger charge is 2.17. The molecule has 0 unspecified atom stereocenters. The molecular formula is C9H9F2NO3. The Balaban J connectivity index is 3.08. The summed E-state index contributed by atoms with van der Waals surface area (Å²) in [6.45, 7) is -1.35. The van der Waals surface area contributed by atoms with Crippen molar-refractivity contribution in [1.82, 2.24) is 4.98 Å². The number of nitrogens with zero attached hydrogens (tertiary/aromatic N) is 1. The van der Waals surface area contributed by atoms with Crippen molar-refractivity contribution in [2.24, 2.45) is 0 Å². The lowest BCUT2D eigenvalue weighted by atomic mass is 10.2. The zero-order valence-electron chi connectivity index (χ0n) is 8.16. The number of hydrogen-bond acceptors (Lipinski definition) is 4. The second-order valence-corrected chi connectivity index (χ2v) is 2.74. The molecule has 0 aliphatic heterocycles. The minimum atomic E-state index is -3.02. The van der Waals surface area contributed by atoms with E-state index in [4.69, 9.17) is 0 Å². The van der Waals surface area contributed by atoms with E-state index < -0.39 is 18.5 Å². The first-order chi connectivity index (χ1) is 7.04. The van der Waals surface area contributed by atoms with Gasteiger partial charge in [-0.3, -0.25) is 0 Å². The molecule has 0 aromatic carbocycles. The zero-order valence-corrected chi connectivity index (χ0v) is 8.16. The molecule has 1 rings (SSSR count). The summed E-state index contributed by atoms with van der Waals surface area (Å²) in [4.78, 5) is 14.8. The van der Waals surface area contributed by atoms with Gasteiger partial charge in [0.1, 0.15) is 5.56 Å². The van der Waals surface area contributed by atoms with Gasteiger partial charge < -0.3 is 9.47 Å². The Hall–Kier alpha value is -1.72. The third-order valence-electron chi connectivity index (χ3n) is 1.59. The maximum absolute atomic E-state index is 12.0. The van der Waals surface area contributed by atoms with Crippen LogP contribution >= 0.6 is 0 Å². The van der Waals surface area contributed by atoms with Gasteiger partial charge >= 0.3 is 12.6 Å². The number of pyridine rings is 1. The fourth-order valence-corrected chi connectivity index (χ4v) is 0.991. The Morgan fingerprint density at radius 3 is 2.73 bits per heavy atom. The molecule has 0 amide bonds. The molecule has 1 heterocycles. The summed E-state index contributed by atoms with van der Waals surface area (Å²) in [7, 11) is 1.15. The van der Waals surface area contributed by atoms with Crippen molar-refractivity contribution in [1.29, 1.82) is 0 Å². The SMILES string of the molecule is COC(=O)c1cc(C)cnc1OC(F)F. The van der Waals surface area contributed by atoms with Gasteiger partial charge in [-0.05, 0) is 18.6 Å². The van der Waals surface area contributed by atoms with E-state index in [9.17, 15) is 13.6 Å². The van der Waals surface area contributed by atoms with Crippen molar-refractivity contribution in [2.45, 2.75) is 13.5 Å². The number of halogens is 2. The van der Waals surface area contributed by atoms with Crippen LogP contribution in [-0.2, 0) is 4.74 Å². The predicted octanol–water partition coefficient (Wildman–Crippen LogP) is 1.78. The van der Waals surface area contributed by atoms with E-state index in [0.717, 1.165) is 7.11 Å². The number of carbonyl (C=O) groups is 1. The molecule has 0 aliphatic rings. The Morgan fingerprint density at radius 1 is 1.53 bits per heavy atom. The molecule has 1 aromatic heterocycles. The Kier molecular flexibility index (Phi) is 3.54. The average molecular weight is 217 g/mol. The highest BCUT2D eigenvalue weighted by Crippen LogP contribution is 2.19. The highest BCUT2D eigenvalue weighted by molar-refractivity contribution is 5.91. The van der Waals surface area contributed by atoms with E-state index in [1.807, 2.05) is 0 Å². The summed E-state index contributed by atoms with van der Waals surface area (Å²) < 4.78 is 32.4. The van der Waals surface area contributed by atoms with Gasteiger partial charge in [-0.15, -0.1) is 0 Å². The van der Waals surface area contributed by atoms with Gasteiger partial charge in [-0.25, -0.2) is 9.78 Å². The maximum Gasteiger partial charge on any atom is 0.388 e. The number of esters is 1. The van der Waals surface area contributed by atoms with Crippen LogP contribution < -0.4 is 4.74 Å². The summed E-state index contributed by atoms with van der Waals surface area (Å²) in [5, 5.41) is 0. The summed E-state index contributed by atoms with van der Waals surface area (Å²) in [6.07, 6.45) is 1.32. The van der Waals surface area contributed by atoms with Crippen molar-refractivity contribution in [3.63, 3.8) is 0 Å². The molecule has 82 valence electrons. The van der Waals surface area contributed by atoms with Crippen LogP contribution in [0.2, 0.25) is 0 Å². The van der Waals surface area contributed by atoms with Crippen molar-refractivity contribution < 1.29 is 23.0 Å². The number of methoxy groups -OCH3 is 1. The average Bonchev–Trinajstić information content (AvgIpc) is 2.19. The summed E-state index contributed by atoms with van der Waals surface area (Å²) in [5.74, 6) is -1.19. The van der Waals surface area contributed by atoms with E-state index >= 15 is 0 Å². The van der Waals surface area contributed by atoms with Crippen molar-refractivity contribution >= 4 is 5.97 Å². The van der Waals surface area contributed by atoms with Crippen LogP contribution in [0.4, 0.5) is 8.78 Å². The normalized spacial score (nSPS) is 10.2. The van der Waals surface area contributed by atoms with E-state index in [1.165, 1.54) is 12.3 Å². The van der Waals surface area contributed by atoms with Gasteiger partial charge in [0.15, 0.2) is 0 Å². The molecule has 0 radical (unpaired) electrons. The van der Waals surface area contributed by atoms with Crippen LogP contribution in [0.15, 0.2) is 12.3 Å². The number of rotatable bonds is 3. The monoisotopic (exact) mass is 217 g/mol. The van der Waals surface area contributed by atoms with E-state index in [-0.39, 0.29) is 5.56 Å². The second-order valence-electron chi connectivity index (χ2n) is 2.74. The molecule has 0 N–H and O–H groups in total. The lowest BCUT2D eigenvalue weighted by molar-refractivity contribution is -0.0534. The van der Waals surface area contributed by atoms with Gasteiger partial charge in [0.05, 0.1) is 7.11 Å². The van der Waals surface area contributed by atoms with Gasteiger partial charge in [0.25, 0.3) is 0 Å². The molecule has 1 aromatic rings. The third kappa shape index (κ3) is 2.87. The van der Waals surface area contributed by atoms with Crippen molar-refractivity contribution in [3.8, 4) is 5.88 Å². The number of aryl methyl sites for hydroxylation is 1. The number of aromatic nitrogens is 1. The molecule has 0 saturated carbocycles. The number of ether oxygens (including phenoxy) is 2. The minimum absolute atomic E-state index is 0.113. The smallest absolute Gasteiger partial charge is 0.388 e. The van der Waals surface area contributed by atoms with Crippen LogP contribution in [0.3, 0.4) is 0 Å². The van der Waals surface area contributed by atoms with Gasteiger partial charge in [0, 0.05) is 6.20 Å². The first-order valence-corrected chi connectivity index (χ1v) is 4.04.